The first-order chi connectivity index (χ1) is 21.4. The number of para-hydroxylation sites is 1. The summed E-state index contributed by atoms with van der Waals surface area (Å²) in [6, 6.07) is 11.1. The molecule has 0 bridgehead atoms. The molecule has 0 saturated heterocycles. The van der Waals surface area contributed by atoms with Crippen molar-refractivity contribution in [2.24, 2.45) is 0 Å². The Morgan fingerprint density at radius 3 is 1.21 bits per heavy atom. The van der Waals surface area contributed by atoms with E-state index >= 15 is 0 Å². The van der Waals surface area contributed by atoms with Crippen molar-refractivity contribution in [3.05, 3.63) is 42.7 Å². The lowest BCUT2D eigenvalue weighted by Crippen LogP contribution is -2.39. The molecule has 0 amide bonds. The van der Waals surface area contributed by atoms with Crippen LogP contribution in [0.4, 0.5) is 5.69 Å². The van der Waals surface area contributed by atoms with Crippen LogP contribution in [0, 0.1) is 0 Å². The molecule has 0 saturated carbocycles. The Morgan fingerprint density at radius 2 is 0.791 bits per heavy atom. The first-order valence-corrected chi connectivity index (χ1v) is 19.6. The van der Waals surface area contributed by atoms with Crippen molar-refractivity contribution >= 4 is 5.69 Å². The quantitative estimate of drug-likeness (QED) is 0.0789. The molecule has 0 aromatic heterocycles. The van der Waals surface area contributed by atoms with Crippen molar-refractivity contribution < 1.29 is 0 Å². The van der Waals surface area contributed by atoms with Crippen molar-refractivity contribution in [3.63, 3.8) is 0 Å². The molecule has 1 atom stereocenters. The lowest BCUT2D eigenvalue weighted by molar-refractivity contribution is 0.273. The smallest absolute Gasteiger partial charge is 0.105 e. The van der Waals surface area contributed by atoms with Crippen LogP contribution in [-0.2, 0) is 0 Å². The molecular weight excluding hydrogens is 520 g/mol. The minimum absolute atomic E-state index is 0.502. The summed E-state index contributed by atoms with van der Waals surface area (Å²) >= 11 is 0. The van der Waals surface area contributed by atoms with E-state index in [-0.39, 0.29) is 0 Å². The number of benzene rings is 1. The van der Waals surface area contributed by atoms with Crippen LogP contribution in [0.1, 0.15) is 200 Å². The number of hydrogen-bond donors (Lipinski definition) is 0. The summed E-state index contributed by atoms with van der Waals surface area (Å²) in [6.07, 6.45) is 46.6. The normalized spacial score (nSPS) is 14.8. The average molecular weight is 595 g/mol. The van der Waals surface area contributed by atoms with Gasteiger partial charge in [0.15, 0.2) is 0 Å². The average Bonchev–Trinajstić information content (AvgIpc) is 3.44. The van der Waals surface area contributed by atoms with Crippen molar-refractivity contribution in [1.29, 1.82) is 0 Å². The molecule has 2 heteroatoms. The van der Waals surface area contributed by atoms with E-state index in [1.54, 1.807) is 0 Å². The summed E-state index contributed by atoms with van der Waals surface area (Å²) < 4.78 is 0. The van der Waals surface area contributed by atoms with E-state index in [0.29, 0.717) is 6.17 Å². The van der Waals surface area contributed by atoms with Gasteiger partial charge in [0.05, 0.1) is 0 Å². The minimum Gasteiger partial charge on any atom is -0.356 e. The van der Waals surface area contributed by atoms with Crippen molar-refractivity contribution in [3.8, 4) is 0 Å². The Balaban J connectivity index is 1.52. The zero-order valence-electron chi connectivity index (χ0n) is 29.2. The highest BCUT2D eigenvalue weighted by Gasteiger charge is 2.26. The molecule has 0 aliphatic carbocycles. The monoisotopic (exact) mass is 595 g/mol. The summed E-state index contributed by atoms with van der Waals surface area (Å²) in [6.45, 7) is 5.82. The van der Waals surface area contributed by atoms with Gasteiger partial charge in [-0.1, -0.05) is 199 Å². The van der Waals surface area contributed by atoms with Gasteiger partial charge in [0.1, 0.15) is 6.17 Å². The minimum atomic E-state index is 0.502. The van der Waals surface area contributed by atoms with Crippen LogP contribution in [0.5, 0.6) is 0 Å². The van der Waals surface area contributed by atoms with Crippen molar-refractivity contribution in [2.45, 2.75) is 206 Å². The van der Waals surface area contributed by atoms with Gasteiger partial charge in [-0.25, -0.2) is 0 Å². The zero-order valence-corrected chi connectivity index (χ0v) is 29.2. The van der Waals surface area contributed by atoms with E-state index in [1.165, 1.54) is 198 Å². The van der Waals surface area contributed by atoms with Crippen LogP contribution >= 0.6 is 0 Å². The first kappa shape index (κ1) is 37.7. The van der Waals surface area contributed by atoms with Crippen LogP contribution in [0.3, 0.4) is 0 Å². The molecule has 2 nitrogen and oxygen atoms in total. The predicted octanol–water partition coefficient (Wildman–Crippen LogP) is 14.0. The highest BCUT2D eigenvalue weighted by molar-refractivity contribution is 5.51. The van der Waals surface area contributed by atoms with E-state index < -0.39 is 0 Å². The SMILES string of the molecule is CCCCCCCCCCCCCCCCCN1C=CN(c2ccccc2)C1CCCCCCCCCCCCCCC. The van der Waals surface area contributed by atoms with Gasteiger partial charge in [-0.15, -0.1) is 0 Å². The number of unbranched alkanes of at least 4 members (excludes halogenated alkanes) is 26. The highest BCUT2D eigenvalue weighted by Crippen LogP contribution is 2.28. The maximum absolute atomic E-state index is 2.65. The second kappa shape index (κ2) is 28.1. The van der Waals surface area contributed by atoms with Crippen LogP contribution < -0.4 is 4.90 Å². The van der Waals surface area contributed by atoms with Gasteiger partial charge in [-0.05, 0) is 31.4 Å². The Bertz CT molecular complexity index is 728. The summed E-state index contributed by atoms with van der Waals surface area (Å²) in [4.78, 5) is 5.18. The molecule has 43 heavy (non-hydrogen) atoms. The molecule has 1 aromatic rings. The van der Waals surface area contributed by atoms with Crippen LogP contribution in [0.2, 0.25) is 0 Å². The maximum atomic E-state index is 2.65. The van der Waals surface area contributed by atoms with E-state index in [2.05, 4.69) is 66.4 Å². The Kier molecular flexibility index (Phi) is 24.6. The lowest BCUT2D eigenvalue weighted by Gasteiger charge is -2.33. The van der Waals surface area contributed by atoms with Gasteiger partial charge in [0, 0.05) is 24.6 Å². The van der Waals surface area contributed by atoms with Gasteiger partial charge >= 0.3 is 0 Å². The van der Waals surface area contributed by atoms with Crippen LogP contribution in [0.25, 0.3) is 0 Å². The molecule has 0 fully saturated rings. The molecule has 0 N–H and O–H groups in total. The van der Waals surface area contributed by atoms with E-state index in [1.807, 2.05) is 0 Å². The van der Waals surface area contributed by atoms with Gasteiger partial charge in [0.25, 0.3) is 0 Å². The highest BCUT2D eigenvalue weighted by atomic mass is 15.4. The topological polar surface area (TPSA) is 6.48 Å². The summed E-state index contributed by atoms with van der Waals surface area (Å²) in [5, 5.41) is 0. The van der Waals surface area contributed by atoms with Gasteiger partial charge in [-0.3, -0.25) is 0 Å². The largest absolute Gasteiger partial charge is 0.356 e. The zero-order chi connectivity index (χ0) is 30.5. The third-order valence-corrected chi connectivity index (χ3v) is 9.76. The first-order valence-electron chi connectivity index (χ1n) is 19.6. The molecule has 1 aliphatic heterocycles. The van der Waals surface area contributed by atoms with Gasteiger partial charge < -0.3 is 9.80 Å². The molecule has 1 aliphatic rings. The molecule has 1 unspecified atom stereocenters. The summed E-state index contributed by atoms with van der Waals surface area (Å²) in [5.41, 5.74) is 1.34. The molecule has 1 heterocycles. The van der Waals surface area contributed by atoms with E-state index in [9.17, 15) is 0 Å². The summed E-state index contributed by atoms with van der Waals surface area (Å²) in [5.74, 6) is 0. The third-order valence-electron chi connectivity index (χ3n) is 9.76. The molecule has 0 spiro atoms. The van der Waals surface area contributed by atoms with E-state index in [4.69, 9.17) is 0 Å². The number of rotatable bonds is 31. The van der Waals surface area contributed by atoms with Crippen molar-refractivity contribution in [2.75, 3.05) is 11.4 Å². The van der Waals surface area contributed by atoms with Gasteiger partial charge in [0.2, 0.25) is 0 Å². The van der Waals surface area contributed by atoms with Gasteiger partial charge in [-0.2, -0.15) is 0 Å². The fourth-order valence-electron chi connectivity index (χ4n) is 6.91. The number of hydrogen-bond acceptors (Lipinski definition) is 2. The molecule has 2 rings (SSSR count). The second-order valence-corrected chi connectivity index (χ2v) is 13.7. The lowest BCUT2D eigenvalue weighted by atomic mass is 10.0. The molecule has 248 valence electrons. The Hall–Kier alpha value is -1.44. The fourth-order valence-corrected chi connectivity index (χ4v) is 6.91. The second-order valence-electron chi connectivity index (χ2n) is 13.7. The van der Waals surface area contributed by atoms with E-state index in [0.717, 1.165) is 0 Å². The van der Waals surface area contributed by atoms with Crippen LogP contribution in [0.15, 0.2) is 42.7 Å². The third kappa shape index (κ3) is 19.5. The Labute approximate surface area is 270 Å². The predicted molar refractivity (Wildman–Crippen MR) is 194 cm³/mol. The molecular formula is C41H74N2. The Morgan fingerprint density at radius 1 is 0.419 bits per heavy atom. The number of anilines is 1. The van der Waals surface area contributed by atoms with Crippen molar-refractivity contribution in [1.82, 2.24) is 4.90 Å². The summed E-state index contributed by atoms with van der Waals surface area (Å²) in [7, 11) is 0. The maximum Gasteiger partial charge on any atom is 0.105 e. The number of nitrogens with zero attached hydrogens (tertiary/aromatic N) is 2. The fraction of sp³-hybridized carbons (Fsp3) is 0.805. The molecule has 0 radical (unpaired) electrons. The van der Waals surface area contributed by atoms with Crippen LogP contribution in [-0.4, -0.2) is 17.6 Å². The standard InChI is InChI=1S/C41H74N2/c1-3-5-7-9-11-13-15-17-18-20-22-24-26-28-33-37-42-38-39-43(40-34-30-29-31-35-40)41(42)36-32-27-25-23-21-19-16-14-12-10-8-6-4-2/h29-31,34-35,38-39,41H,3-28,32-33,36-37H2,1-2H3. The molecule has 1 aromatic carbocycles.